The molecule has 0 fully saturated rings. The fourth-order valence-corrected chi connectivity index (χ4v) is 2.18. The van der Waals surface area contributed by atoms with Gasteiger partial charge in [-0.2, -0.15) is 10.4 Å². The number of aryl methyl sites for hydroxylation is 2. The smallest absolute Gasteiger partial charge is 0.167 e. The number of nitrogens with zero attached hydrogens (tertiary/aromatic N) is 3. The third-order valence-corrected chi connectivity index (χ3v) is 3.66. The van der Waals surface area contributed by atoms with Crippen LogP contribution in [-0.4, -0.2) is 16.2 Å². The molecule has 0 aliphatic heterocycles. The van der Waals surface area contributed by atoms with Gasteiger partial charge in [0.05, 0.1) is 5.69 Å². The molecule has 0 spiro atoms. The summed E-state index contributed by atoms with van der Waals surface area (Å²) in [7, 11) is 0. The van der Waals surface area contributed by atoms with Crippen molar-refractivity contribution in [2.75, 3.05) is 5.32 Å². The van der Waals surface area contributed by atoms with Gasteiger partial charge in [0, 0.05) is 6.04 Å². The van der Waals surface area contributed by atoms with Crippen LogP contribution >= 0.6 is 0 Å². The Bertz CT molecular complexity index is 644. The van der Waals surface area contributed by atoms with Crippen molar-refractivity contribution in [3.8, 4) is 6.07 Å². The van der Waals surface area contributed by atoms with Gasteiger partial charge in [0.2, 0.25) is 0 Å². The van der Waals surface area contributed by atoms with Crippen LogP contribution < -0.4 is 5.32 Å². The minimum absolute atomic E-state index is 0.230. The standard InChI is InChI=1S/C17H20N4/c1-12(9-10-15-7-5-4-6-8-15)19-17-16(11-18)13(2)14(3)20-21-17/h4-8,12H,9-10H2,1-3H3,(H,19,21)/t12-/m0/s1. The highest BCUT2D eigenvalue weighted by Gasteiger charge is 2.12. The summed E-state index contributed by atoms with van der Waals surface area (Å²) in [4.78, 5) is 0. The van der Waals surface area contributed by atoms with Gasteiger partial charge in [0.1, 0.15) is 11.6 Å². The maximum absolute atomic E-state index is 9.29. The predicted octanol–water partition coefficient (Wildman–Crippen LogP) is 3.40. The number of anilines is 1. The molecular weight excluding hydrogens is 260 g/mol. The van der Waals surface area contributed by atoms with E-state index in [0.29, 0.717) is 11.4 Å². The topological polar surface area (TPSA) is 61.6 Å². The Morgan fingerprint density at radius 1 is 1.19 bits per heavy atom. The summed E-state index contributed by atoms with van der Waals surface area (Å²) < 4.78 is 0. The van der Waals surface area contributed by atoms with Gasteiger partial charge in [0.15, 0.2) is 5.82 Å². The quantitative estimate of drug-likeness (QED) is 0.911. The molecule has 0 aliphatic rings. The number of nitriles is 1. The Morgan fingerprint density at radius 2 is 1.90 bits per heavy atom. The van der Waals surface area contributed by atoms with Crippen molar-refractivity contribution in [2.45, 2.75) is 39.7 Å². The van der Waals surface area contributed by atoms with Crippen LogP contribution in [-0.2, 0) is 6.42 Å². The van der Waals surface area contributed by atoms with E-state index in [0.717, 1.165) is 24.1 Å². The predicted molar refractivity (Wildman–Crippen MR) is 84.1 cm³/mol. The summed E-state index contributed by atoms with van der Waals surface area (Å²) in [5.74, 6) is 0.584. The maximum atomic E-state index is 9.29. The van der Waals surface area contributed by atoms with Crippen LogP contribution in [0.25, 0.3) is 0 Å². The largest absolute Gasteiger partial charge is 0.365 e. The molecule has 0 radical (unpaired) electrons. The highest BCUT2D eigenvalue weighted by Crippen LogP contribution is 2.18. The molecule has 0 saturated heterocycles. The summed E-state index contributed by atoms with van der Waals surface area (Å²) >= 11 is 0. The second-order valence-electron chi connectivity index (χ2n) is 5.32. The van der Waals surface area contributed by atoms with Crippen molar-refractivity contribution >= 4 is 5.82 Å². The Hall–Kier alpha value is -2.41. The van der Waals surface area contributed by atoms with Gasteiger partial charge >= 0.3 is 0 Å². The average molecular weight is 280 g/mol. The molecule has 0 unspecified atom stereocenters. The lowest BCUT2D eigenvalue weighted by Crippen LogP contribution is -2.19. The Balaban J connectivity index is 2.02. The molecule has 1 atom stereocenters. The van der Waals surface area contributed by atoms with E-state index in [1.54, 1.807) is 0 Å². The van der Waals surface area contributed by atoms with E-state index in [1.165, 1.54) is 5.56 Å². The minimum atomic E-state index is 0.230. The van der Waals surface area contributed by atoms with E-state index < -0.39 is 0 Å². The average Bonchev–Trinajstić information content (AvgIpc) is 2.50. The first kappa shape index (κ1) is 15.0. The molecule has 4 heteroatoms. The van der Waals surface area contributed by atoms with Gasteiger partial charge in [-0.3, -0.25) is 0 Å². The maximum Gasteiger partial charge on any atom is 0.167 e. The summed E-state index contributed by atoms with van der Waals surface area (Å²) in [6, 6.07) is 12.8. The molecule has 0 amide bonds. The monoisotopic (exact) mass is 280 g/mol. The van der Waals surface area contributed by atoms with Crippen molar-refractivity contribution in [3.05, 3.63) is 52.7 Å². The Labute approximate surface area is 125 Å². The van der Waals surface area contributed by atoms with Crippen LogP contribution in [0.4, 0.5) is 5.82 Å². The van der Waals surface area contributed by atoms with Crippen LogP contribution in [0.5, 0.6) is 0 Å². The SMILES string of the molecule is Cc1nnc(N[C@@H](C)CCc2ccccc2)c(C#N)c1C. The van der Waals surface area contributed by atoms with Crippen molar-refractivity contribution in [1.82, 2.24) is 10.2 Å². The number of hydrogen-bond donors (Lipinski definition) is 1. The number of nitrogens with one attached hydrogen (secondary N) is 1. The molecule has 1 N–H and O–H groups in total. The number of aromatic nitrogens is 2. The third kappa shape index (κ3) is 3.79. The first-order chi connectivity index (χ1) is 10.1. The molecule has 0 bridgehead atoms. The molecule has 0 saturated carbocycles. The van der Waals surface area contributed by atoms with Gasteiger partial charge in [-0.1, -0.05) is 30.3 Å². The molecule has 1 aromatic carbocycles. The molecule has 2 aromatic rings. The number of rotatable bonds is 5. The van der Waals surface area contributed by atoms with Crippen LogP contribution in [0.1, 0.15) is 35.7 Å². The van der Waals surface area contributed by atoms with Crippen molar-refractivity contribution in [3.63, 3.8) is 0 Å². The molecule has 0 aliphatic carbocycles. The second-order valence-corrected chi connectivity index (χ2v) is 5.32. The molecule has 4 nitrogen and oxygen atoms in total. The van der Waals surface area contributed by atoms with E-state index in [2.05, 4.69) is 52.8 Å². The van der Waals surface area contributed by atoms with Gasteiger partial charge in [-0.15, -0.1) is 5.10 Å². The van der Waals surface area contributed by atoms with Crippen LogP contribution in [0.15, 0.2) is 30.3 Å². The van der Waals surface area contributed by atoms with Crippen LogP contribution in [0.2, 0.25) is 0 Å². The second kappa shape index (κ2) is 6.85. The molecule has 1 aromatic heterocycles. The third-order valence-electron chi connectivity index (χ3n) is 3.66. The van der Waals surface area contributed by atoms with Crippen molar-refractivity contribution in [2.24, 2.45) is 0 Å². The molecule has 1 heterocycles. The zero-order valence-corrected chi connectivity index (χ0v) is 12.7. The van der Waals surface area contributed by atoms with E-state index >= 15 is 0 Å². The highest BCUT2D eigenvalue weighted by molar-refractivity contribution is 5.56. The lowest BCUT2D eigenvalue weighted by atomic mass is 10.1. The summed E-state index contributed by atoms with van der Waals surface area (Å²) in [6.45, 7) is 5.87. The molecule has 108 valence electrons. The molecule has 2 rings (SSSR count). The van der Waals surface area contributed by atoms with Crippen LogP contribution in [0, 0.1) is 25.2 Å². The van der Waals surface area contributed by atoms with E-state index in [1.807, 2.05) is 19.9 Å². The summed E-state index contributed by atoms with van der Waals surface area (Å²) in [6.07, 6.45) is 1.97. The first-order valence-corrected chi connectivity index (χ1v) is 7.16. The summed E-state index contributed by atoms with van der Waals surface area (Å²) in [5, 5.41) is 20.8. The minimum Gasteiger partial charge on any atom is -0.365 e. The van der Waals surface area contributed by atoms with Gasteiger partial charge in [0.25, 0.3) is 0 Å². The van der Waals surface area contributed by atoms with Crippen molar-refractivity contribution in [1.29, 1.82) is 5.26 Å². The first-order valence-electron chi connectivity index (χ1n) is 7.16. The zero-order chi connectivity index (χ0) is 15.2. The van der Waals surface area contributed by atoms with Crippen LogP contribution in [0.3, 0.4) is 0 Å². The highest BCUT2D eigenvalue weighted by atomic mass is 15.2. The lowest BCUT2D eigenvalue weighted by molar-refractivity contribution is 0.699. The molecule has 21 heavy (non-hydrogen) atoms. The zero-order valence-electron chi connectivity index (χ0n) is 12.7. The number of hydrogen-bond acceptors (Lipinski definition) is 4. The fourth-order valence-electron chi connectivity index (χ4n) is 2.18. The Morgan fingerprint density at radius 3 is 2.57 bits per heavy atom. The molecular formula is C17H20N4. The van der Waals surface area contributed by atoms with Gasteiger partial charge in [-0.05, 0) is 44.7 Å². The normalized spacial score (nSPS) is 11.7. The van der Waals surface area contributed by atoms with E-state index in [-0.39, 0.29) is 6.04 Å². The van der Waals surface area contributed by atoms with Gasteiger partial charge < -0.3 is 5.32 Å². The summed E-state index contributed by atoms with van der Waals surface area (Å²) in [5.41, 5.74) is 3.60. The van der Waals surface area contributed by atoms with Gasteiger partial charge in [-0.25, -0.2) is 0 Å². The lowest BCUT2D eigenvalue weighted by Gasteiger charge is -2.16. The Kier molecular flexibility index (Phi) is 4.89. The fraction of sp³-hybridized carbons (Fsp3) is 0.353. The van der Waals surface area contributed by atoms with Crippen molar-refractivity contribution < 1.29 is 0 Å². The van der Waals surface area contributed by atoms with E-state index in [9.17, 15) is 5.26 Å². The number of benzene rings is 1. The van der Waals surface area contributed by atoms with E-state index in [4.69, 9.17) is 0 Å².